The second kappa shape index (κ2) is 42.9. The molecule has 1 rings (SSSR count). The van der Waals surface area contributed by atoms with Crippen LogP contribution >= 0.6 is 0 Å². The van der Waals surface area contributed by atoms with Crippen LogP contribution in [0.3, 0.4) is 0 Å². The van der Waals surface area contributed by atoms with Gasteiger partial charge in [-0.15, -0.1) is 0 Å². The molecule has 65 heavy (non-hydrogen) atoms. The largest absolute Gasteiger partial charge is 0.397 e. The second-order valence-corrected chi connectivity index (χ2v) is 20.2. The Hall–Kier alpha value is -1.16. The van der Waals surface area contributed by atoms with Gasteiger partial charge in [0.2, 0.25) is 5.91 Å². The minimum atomic E-state index is -5.08. The van der Waals surface area contributed by atoms with Gasteiger partial charge in [0.05, 0.1) is 25.4 Å². The van der Waals surface area contributed by atoms with Crippen molar-refractivity contribution >= 4 is 16.3 Å². The molecule has 13 heteroatoms. The SMILES string of the molecule is CCCCCCCCCC/C=C\CCCCCCCCCC(=O)NC(COC1OC(CO)C(O)C(OS(=O)(=O)O)C1O)C(O)CCCCCCCCCCCCCCCCCCCCC. The van der Waals surface area contributed by atoms with Crippen LogP contribution in [0.2, 0.25) is 0 Å². The van der Waals surface area contributed by atoms with Crippen molar-refractivity contribution in [3.63, 3.8) is 0 Å². The molecule has 6 N–H and O–H groups in total. The summed E-state index contributed by atoms with van der Waals surface area (Å²) in [5.41, 5.74) is 0. The highest BCUT2D eigenvalue weighted by Crippen LogP contribution is 2.26. The fraction of sp³-hybridized carbons (Fsp3) is 0.942. The Morgan fingerprint density at radius 3 is 1.38 bits per heavy atom. The van der Waals surface area contributed by atoms with Crippen LogP contribution in [-0.2, 0) is 28.9 Å². The number of hydrogen-bond donors (Lipinski definition) is 6. The second-order valence-electron chi connectivity index (χ2n) is 19.2. The Bertz CT molecular complexity index is 1210. The van der Waals surface area contributed by atoms with Gasteiger partial charge in [-0.25, -0.2) is 4.18 Å². The van der Waals surface area contributed by atoms with Gasteiger partial charge < -0.3 is 35.2 Å². The van der Waals surface area contributed by atoms with E-state index in [1.807, 2.05) is 0 Å². The Morgan fingerprint density at radius 2 is 0.985 bits per heavy atom. The zero-order valence-electron chi connectivity index (χ0n) is 41.6. The van der Waals surface area contributed by atoms with Crippen molar-refractivity contribution in [3.05, 3.63) is 12.2 Å². The molecule has 1 aliphatic heterocycles. The van der Waals surface area contributed by atoms with Gasteiger partial charge in [-0.3, -0.25) is 9.35 Å². The number of aliphatic hydroxyl groups is 4. The van der Waals surface area contributed by atoms with Crippen molar-refractivity contribution in [2.45, 2.75) is 301 Å². The maximum Gasteiger partial charge on any atom is 0.397 e. The highest BCUT2D eigenvalue weighted by atomic mass is 32.3. The molecule has 7 atom stereocenters. The summed E-state index contributed by atoms with van der Waals surface area (Å²) >= 11 is 0. The highest BCUT2D eigenvalue weighted by Gasteiger charge is 2.48. The molecule has 7 unspecified atom stereocenters. The molecule has 0 aromatic heterocycles. The van der Waals surface area contributed by atoms with Crippen LogP contribution in [0.15, 0.2) is 12.2 Å². The minimum Gasteiger partial charge on any atom is -0.394 e. The van der Waals surface area contributed by atoms with E-state index in [1.54, 1.807) is 0 Å². The van der Waals surface area contributed by atoms with Crippen LogP contribution < -0.4 is 5.32 Å². The molecule has 1 aliphatic rings. The van der Waals surface area contributed by atoms with Gasteiger partial charge in [0, 0.05) is 6.42 Å². The fourth-order valence-electron chi connectivity index (χ4n) is 8.87. The molecule has 0 aromatic carbocycles. The van der Waals surface area contributed by atoms with Crippen LogP contribution in [0.4, 0.5) is 0 Å². The summed E-state index contributed by atoms with van der Waals surface area (Å²) < 4.78 is 47.8. The first-order valence-corrected chi connectivity index (χ1v) is 28.4. The molecule has 12 nitrogen and oxygen atoms in total. The molecular formula is C52H101NO11S. The number of hydrogen-bond acceptors (Lipinski definition) is 10. The summed E-state index contributed by atoms with van der Waals surface area (Å²) in [4.78, 5) is 13.1. The van der Waals surface area contributed by atoms with Gasteiger partial charge >= 0.3 is 10.4 Å². The van der Waals surface area contributed by atoms with Crippen LogP contribution in [0.1, 0.15) is 258 Å². The number of ether oxygens (including phenoxy) is 2. The van der Waals surface area contributed by atoms with Gasteiger partial charge in [-0.2, -0.15) is 8.42 Å². The van der Waals surface area contributed by atoms with Gasteiger partial charge in [-0.1, -0.05) is 225 Å². The lowest BCUT2D eigenvalue weighted by Gasteiger charge is -2.41. The van der Waals surface area contributed by atoms with E-state index in [-0.39, 0.29) is 18.9 Å². The number of amides is 1. The summed E-state index contributed by atoms with van der Waals surface area (Å²) in [7, 11) is -5.08. The zero-order chi connectivity index (χ0) is 47.6. The van der Waals surface area contributed by atoms with E-state index >= 15 is 0 Å². The summed E-state index contributed by atoms with van der Waals surface area (Å²) in [5.74, 6) is -0.231. The molecule has 1 amide bonds. The van der Waals surface area contributed by atoms with E-state index in [0.29, 0.717) is 12.8 Å². The highest BCUT2D eigenvalue weighted by molar-refractivity contribution is 7.80. The number of carbonyl (C=O) groups is 1. The zero-order valence-corrected chi connectivity index (χ0v) is 42.4. The number of nitrogens with one attached hydrogen (secondary N) is 1. The third-order valence-electron chi connectivity index (χ3n) is 13.1. The summed E-state index contributed by atoms with van der Waals surface area (Å²) in [6, 6.07) is -0.858. The van der Waals surface area contributed by atoms with Crippen LogP contribution in [-0.4, -0.2) is 95.4 Å². The van der Waals surface area contributed by atoms with E-state index in [2.05, 4.69) is 35.5 Å². The lowest BCUT2D eigenvalue weighted by Crippen LogP contribution is -2.61. The normalized spacial score (nSPS) is 20.1. The maximum absolute atomic E-state index is 13.1. The first-order valence-electron chi connectivity index (χ1n) is 27.1. The number of rotatable bonds is 47. The molecular weight excluding hydrogens is 847 g/mol. The predicted octanol–water partition coefficient (Wildman–Crippen LogP) is 11.9. The lowest BCUT2D eigenvalue weighted by atomic mass is 9.99. The molecule has 1 fully saturated rings. The third-order valence-corrected chi connectivity index (χ3v) is 13.5. The van der Waals surface area contributed by atoms with Gasteiger partial charge in [-0.05, 0) is 38.5 Å². The van der Waals surface area contributed by atoms with Gasteiger partial charge in [0.15, 0.2) is 6.29 Å². The molecule has 0 radical (unpaired) electrons. The molecule has 0 aromatic rings. The quantitative estimate of drug-likeness (QED) is 0.0193. The van der Waals surface area contributed by atoms with Crippen molar-refractivity contribution < 1.29 is 51.8 Å². The minimum absolute atomic E-state index is 0.231. The predicted molar refractivity (Wildman–Crippen MR) is 264 cm³/mol. The van der Waals surface area contributed by atoms with Gasteiger partial charge in [0.25, 0.3) is 0 Å². The summed E-state index contributed by atoms with van der Waals surface area (Å²) in [6.45, 7) is 3.48. The van der Waals surface area contributed by atoms with Gasteiger partial charge in [0.1, 0.15) is 24.4 Å². The van der Waals surface area contributed by atoms with Crippen molar-refractivity contribution in [2.24, 2.45) is 0 Å². The van der Waals surface area contributed by atoms with E-state index in [0.717, 1.165) is 51.4 Å². The van der Waals surface area contributed by atoms with Crippen molar-refractivity contribution in [1.82, 2.24) is 5.32 Å². The Balaban J connectivity index is 2.40. The van der Waals surface area contributed by atoms with E-state index in [1.165, 1.54) is 173 Å². The number of carbonyl (C=O) groups excluding carboxylic acids is 1. The summed E-state index contributed by atoms with van der Waals surface area (Å²) in [5, 5.41) is 45.0. The number of allylic oxidation sites excluding steroid dienone is 2. The molecule has 0 bridgehead atoms. The van der Waals surface area contributed by atoms with Crippen LogP contribution in [0.25, 0.3) is 0 Å². The van der Waals surface area contributed by atoms with E-state index in [9.17, 15) is 38.2 Å². The molecule has 1 saturated heterocycles. The van der Waals surface area contributed by atoms with Crippen molar-refractivity contribution in [2.75, 3.05) is 13.2 Å². The average molecular weight is 948 g/mol. The number of aliphatic hydroxyl groups excluding tert-OH is 4. The first kappa shape index (κ1) is 61.9. The standard InChI is InChI=1S/C52H101NO11S/c1-3-5-7-9-11-13-15-17-19-21-23-25-27-29-31-33-35-37-39-41-46(55)45(44-62-52-50(58)51(64-65(59,60)61)49(57)47(43-54)63-52)53-48(56)42-40-38-36-34-32-30-28-26-24-22-20-18-16-14-12-10-8-6-4-2/h22,24,45-47,49-52,54-55,57-58H,3-21,23,25-44H2,1-2H3,(H,53,56)(H,59,60,61)/b24-22-. The third kappa shape index (κ3) is 35.6. The van der Waals surface area contributed by atoms with Crippen LogP contribution in [0, 0.1) is 0 Å². The van der Waals surface area contributed by atoms with Crippen molar-refractivity contribution in [3.8, 4) is 0 Å². The summed E-state index contributed by atoms with van der Waals surface area (Å²) in [6.07, 6.45) is 40.6. The topological polar surface area (TPSA) is 192 Å². The molecule has 0 spiro atoms. The van der Waals surface area contributed by atoms with E-state index in [4.69, 9.17) is 9.47 Å². The number of unbranched alkanes of at least 4 members (excludes halogenated alkanes) is 33. The maximum atomic E-state index is 13.1. The molecule has 1 heterocycles. The Kier molecular flexibility index (Phi) is 40.8. The smallest absolute Gasteiger partial charge is 0.394 e. The first-order chi connectivity index (χ1) is 31.5. The monoisotopic (exact) mass is 948 g/mol. The van der Waals surface area contributed by atoms with Crippen molar-refractivity contribution in [1.29, 1.82) is 0 Å². The Labute approximate surface area is 398 Å². The molecule has 0 aliphatic carbocycles. The molecule has 386 valence electrons. The molecule has 0 saturated carbocycles. The Morgan fingerprint density at radius 1 is 0.600 bits per heavy atom. The van der Waals surface area contributed by atoms with E-state index < -0.39 is 59.9 Å². The lowest BCUT2D eigenvalue weighted by molar-refractivity contribution is -0.298. The average Bonchev–Trinajstić information content (AvgIpc) is 3.28. The van der Waals surface area contributed by atoms with Crippen LogP contribution in [0.5, 0.6) is 0 Å². The fourth-order valence-corrected chi connectivity index (χ4v) is 9.38.